The molecule has 0 bridgehead atoms. The van der Waals surface area contributed by atoms with E-state index in [9.17, 15) is 27.9 Å². The number of β-lactam (4-membered cyclic amide) rings is 1. The molecule has 284 valence electrons. The number of nitrogens with zero attached hydrogens (tertiary/aromatic N) is 3. The van der Waals surface area contributed by atoms with E-state index in [-0.39, 0.29) is 29.1 Å². The summed E-state index contributed by atoms with van der Waals surface area (Å²) in [5.41, 5.74) is 8.58. The van der Waals surface area contributed by atoms with E-state index in [0.29, 0.717) is 29.3 Å². The van der Waals surface area contributed by atoms with E-state index in [1.54, 1.807) is 25.3 Å². The second-order valence-corrected chi connectivity index (χ2v) is 15.5. The van der Waals surface area contributed by atoms with Crippen molar-refractivity contribution < 1.29 is 51.1 Å². The van der Waals surface area contributed by atoms with Gasteiger partial charge >= 0.3 is 16.4 Å². The van der Waals surface area contributed by atoms with Gasteiger partial charge in [0, 0.05) is 30.6 Å². The van der Waals surface area contributed by atoms with E-state index in [2.05, 4.69) is 25.1 Å². The van der Waals surface area contributed by atoms with Crippen LogP contribution in [0.15, 0.2) is 28.7 Å². The zero-order chi connectivity index (χ0) is 38.2. The lowest BCUT2D eigenvalue weighted by Crippen LogP contribution is -2.76. The van der Waals surface area contributed by atoms with Crippen LogP contribution in [0.2, 0.25) is 0 Å². The summed E-state index contributed by atoms with van der Waals surface area (Å²) < 4.78 is 47.6. The summed E-state index contributed by atoms with van der Waals surface area (Å²) in [6, 6.07) is 3.93. The number of carbonyl (C=O) groups excluding carboxylic acids is 2. The van der Waals surface area contributed by atoms with Crippen molar-refractivity contribution in [1.82, 2.24) is 20.7 Å². The molecule has 2 aromatic rings. The number of aryl methyl sites for hydroxylation is 1. The molecule has 3 atom stereocenters. The summed E-state index contributed by atoms with van der Waals surface area (Å²) in [7, 11) is -3.37. The first-order chi connectivity index (χ1) is 24.3. The van der Waals surface area contributed by atoms with Gasteiger partial charge in [-0.2, -0.15) is 13.5 Å². The van der Waals surface area contributed by atoms with Gasteiger partial charge in [-0.15, -0.1) is 15.6 Å². The van der Waals surface area contributed by atoms with Gasteiger partial charge < -0.3 is 41.5 Å². The average molecular weight is 767 g/mol. The molecule has 2 amide bonds. The number of methoxy groups -OCH3 is 1. The van der Waals surface area contributed by atoms with Crippen molar-refractivity contribution in [1.29, 1.82) is 5.41 Å². The molecule has 5 rings (SSSR count). The van der Waals surface area contributed by atoms with Crippen LogP contribution in [0.1, 0.15) is 69.7 Å². The molecule has 1 aromatic carbocycles. The minimum Gasteiger partial charge on any atom is -0.485 e. The number of rotatable bonds is 13. The molecule has 2 fully saturated rings. The van der Waals surface area contributed by atoms with Crippen LogP contribution < -0.4 is 26.8 Å². The van der Waals surface area contributed by atoms with Crippen molar-refractivity contribution in [3.63, 3.8) is 0 Å². The molecule has 52 heavy (non-hydrogen) atoms. The summed E-state index contributed by atoms with van der Waals surface area (Å²) in [4.78, 5) is 48.5. The lowest BCUT2D eigenvalue weighted by Gasteiger charge is -2.50. The zero-order valence-electron chi connectivity index (χ0n) is 28.9. The molecule has 0 radical (unpaired) electrons. The lowest BCUT2D eigenvalue weighted by molar-refractivity contribution is -0.218. The second-order valence-electron chi connectivity index (χ2n) is 13.6. The van der Waals surface area contributed by atoms with Crippen molar-refractivity contribution in [3.8, 4) is 5.75 Å². The highest BCUT2D eigenvalue weighted by molar-refractivity contribution is 7.80. The fraction of sp³-hybridized carbons (Fsp3) is 0.548. The van der Waals surface area contributed by atoms with Crippen LogP contribution in [0.5, 0.6) is 5.75 Å². The van der Waals surface area contributed by atoms with Crippen LogP contribution >= 0.6 is 11.3 Å². The SMILES string of the molecule is COC1(CNC(=N)c2ccc3c(c2)CC[C@H]([C@](C)(O/N=C(\C(=O)N[C@@H]2C(=O)N(OS(=O)(=O)O)C2(C)C)c2csc(N)n2)C(=O)O)O3)CCC(N)CC1. The highest BCUT2D eigenvalue weighted by Crippen LogP contribution is 2.36. The van der Waals surface area contributed by atoms with Gasteiger partial charge in [0.2, 0.25) is 0 Å². The Morgan fingerprint density at radius 1 is 1.27 bits per heavy atom. The van der Waals surface area contributed by atoms with Crippen LogP contribution in [0, 0.1) is 5.41 Å². The predicted octanol–water partition coefficient (Wildman–Crippen LogP) is 0.725. The number of ether oxygens (including phenoxy) is 2. The van der Waals surface area contributed by atoms with Crippen molar-refractivity contribution in [2.24, 2.45) is 10.9 Å². The van der Waals surface area contributed by atoms with Crippen LogP contribution in [0.25, 0.3) is 0 Å². The van der Waals surface area contributed by atoms with E-state index in [4.69, 9.17) is 35.7 Å². The number of nitrogens with one attached hydrogen (secondary N) is 3. The number of nitrogens with two attached hydrogens (primary N) is 2. The van der Waals surface area contributed by atoms with Crippen LogP contribution in [0.4, 0.5) is 5.13 Å². The summed E-state index contributed by atoms with van der Waals surface area (Å²) in [6.45, 7) is 4.42. The van der Waals surface area contributed by atoms with Crippen LogP contribution in [-0.2, 0) is 45.1 Å². The number of anilines is 1. The fourth-order valence-electron chi connectivity index (χ4n) is 6.30. The van der Waals surface area contributed by atoms with E-state index in [1.165, 1.54) is 26.2 Å². The molecular weight excluding hydrogens is 725 g/mol. The Morgan fingerprint density at radius 3 is 2.54 bits per heavy atom. The normalized spacial score (nSPS) is 25.5. The second kappa shape index (κ2) is 14.5. The number of aromatic nitrogens is 1. The molecule has 1 aliphatic carbocycles. The van der Waals surface area contributed by atoms with Gasteiger partial charge in [-0.25, -0.2) is 9.78 Å². The molecule has 1 saturated carbocycles. The van der Waals surface area contributed by atoms with Crippen molar-refractivity contribution >= 4 is 56.2 Å². The van der Waals surface area contributed by atoms with Gasteiger partial charge in [-0.3, -0.25) is 19.6 Å². The van der Waals surface area contributed by atoms with E-state index >= 15 is 0 Å². The number of hydrogen-bond acceptors (Lipinski definition) is 15. The number of nitrogen functional groups attached to an aromatic ring is 1. The minimum absolute atomic E-state index is 0.0519. The lowest BCUT2D eigenvalue weighted by atomic mass is 9.82. The quantitative estimate of drug-likeness (QED) is 0.0486. The summed E-state index contributed by atoms with van der Waals surface area (Å²) in [5, 5.41) is 30.2. The Morgan fingerprint density at radius 2 is 1.96 bits per heavy atom. The number of amidine groups is 1. The number of carboxylic acid groups (broad SMARTS) is 1. The number of carboxylic acids is 1. The number of hydroxylamine groups is 2. The molecule has 0 unspecified atom stereocenters. The minimum atomic E-state index is -5.04. The predicted molar refractivity (Wildman–Crippen MR) is 186 cm³/mol. The molecule has 1 saturated heterocycles. The number of amides is 2. The Balaban J connectivity index is 1.30. The van der Waals surface area contributed by atoms with Gasteiger partial charge in [-0.05, 0) is 83.1 Å². The Kier molecular flexibility index (Phi) is 10.9. The number of oxime groups is 1. The van der Waals surface area contributed by atoms with Gasteiger partial charge in [0.25, 0.3) is 17.4 Å². The molecule has 3 aliphatic rings. The fourth-order valence-corrected chi connectivity index (χ4v) is 7.30. The number of fused-ring (bicyclic) bond motifs is 1. The zero-order valence-corrected chi connectivity index (χ0v) is 30.5. The van der Waals surface area contributed by atoms with Crippen LogP contribution in [-0.4, -0.2) is 106 Å². The molecular formula is C31H42N8O11S2. The van der Waals surface area contributed by atoms with Gasteiger partial charge in [0.15, 0.2) is 16.9 Å². The molecule has 3 heterocycles. The standard InChI is InChI=1S/C31H42N8O11S2/c1-29(2)23(26(41)39(29)50-52(44,45)46)37-25(40)22(19-14-51-28(34)36-19)38-49-30(3,27(42)43)21-8-6-16-13-17(5-7-20(16)48-21)24(33)35-15-31(47-4)11-9-18(32)10-12-31/h5,7,13-14,18,21,23H,6,8-12,15,32H2,1-4H3,(H2,33,35)(H2,34,36)(H,37,40)(H,42,43)(H,44,45,46)/b38-22-/t18?,21-,23-,30+,31?/m1/s1. The molecule has 0 spiro atoms. The monoisotopic (exact) mass is 766 g/mol. The largest absolute Gasteiger partial charge is 0.485 e. The topological polar surface area (TPSA) is 291 Å². The number of hydrogen-bond donors (Lipinski definition) is 7. The molecule has 21 heteroatoms. The van der Waals surface area contributed by atoms with E-state index < -0.39 is 62.8 Å². The maximum Gasteiger partial charge on any atom is 0.418 e. The first kappa shape index (κ1) is 38.8. The highest BCUT2D eigenvalue weighted by Gasteiger charge is 2.58. The third kappa shape index (κ3) is 7.98. The van der Waals surface area contributed by atoms with E-state index in [1.807, 2.05) is 0 Å². The third-order valence-corrected chi connectivity index (χ3v) is 10.7. The number of benzene rings is 1. The number of aliphatic carboxylic acids is 1. The highest BCUT2D eigenvalue weighted by atomic mass is 32.3. The Bertz CT molecular complexity index is 1880. The van der Waals surface area contributed by atoms with Gasteiger partial charge in [0.1, 0.15) is 23.3 Å². The first-order valence-electron chi connectivity index (χ1n) is 16.2. The Labute approximate surface area is 303 Å². The smallest absolute Gasteiger partial charge is 0.418 e. The third-order valence-electron chi connectivity index (χ3n) is 9.72. The first-order valence-corrected chi connectivity index (χ1v) is 18.5. The van der Waals surface area contributed by atoms with Crippen molar-refractivity contribution in [3.05, 3.63) is 40.4 Å². The van der Waals surface area contributed by atoms with Gasteiger partial charge in [-0.1, -0.05) is 5.16 Å². The Hall–Kier alpha value is -4.41. The van der Waals surface area contributed by atoms with Crippen molar-refractivity contribution in [2.75, 3.05) is 19.4 Å². The molecule has 2 aliphatic heterocycles. The molecule has 1 aromatic heterocycles. The number of carbonyl (C=O) groups is 3. The average Bonchev–Trinajstić information content (AvgIpc) is 3.53. The summed E-state index contributed by atoms with van der Waals surface area (Å²) >= 11 is 0.959. The summed E-state index contributed by atoms with van der Waals surface area (Å²) in [6.07, 6.45) is 2.71. The number of thiazole rings is 1. The van der Waals surface area contributed by atoms with Crippen molar-refractivity contribution in [2.45, 2.75) is 94.2 Å². The van der Waals surface area contributed by atoms with Gasteiger partial charge in [0.05, 0.1) is 11.1 Å². The molecule has 19 nitrogen and oxygen atoms in total. The maximum absolute atomic E-state index is 13.5. The summed E-state index contributed by atoms with van der Waals surface area (Å²) in [5.74, 6) is -2.90. The van der Waals surface area contributed by atoms with E-state index in [0.717, 1.165) is 42.6 Å². The molecule has 9 N–H and O–H groups in total. The van der Waals surface area contributed by atoms with Crippen LogP contribution in [0.3, 0.4) is 0 Å². The maximum atomic E-state index is 13.5.